The largest absolute Gasteiger partial charge is 0.509 e. The summed E-state index contributed by atoms with van der Waals surface area (Å²) in [5, 5.41) is 19.8. The van der Waals surface area contributed by atoms with Crippen molar-refractivity contribution in [1.82, 2.24) is 9.97 Å². The lowest BCUT2D eigenvalue weighted by Crippen LogP contribution is -2.26. The number of nitrogens with one attached hydrogen (secondary N) is 2. The smallest absolute Gasteiger partial charge is 0.145 e. The third kappa shape index (κ3) is 2.56. The molecule has 26 heavy (non-hydrogen) atoms. The maximum Gasteiger partial charge on any atom is 0.145 e. The minimum Gasteiger partial charge on any atom is -0.509 e. The normalized spacial score (nSPS) is 14.8. The van der Waals surface area contributed by atoms with Crippen LogP contribution < -0.4 is 4.90 Å². The summed E-state index contributed by atoms with van der Waals surface area (Å²) in [6, 6.07) is 9.57. The van der Waals surface area contributed by atoms with Crippen LogP contribution in [0.2, 0.25) is 5.02 Å². The van der Waals surface area contributed by atoms with E-state index in [1.807, 2.05) is 38.1 Å². The standard InChI is InChI=1S/C20H19ClN4O/c1-10-7-14-15(8-11(10)2)24-20(23-14)18-17(26)9-25(19(18)22)16-5-4-13(21)6-12(16)3/h4-8,22,26H,9H2,1-3H3,(H,23,24). The van der Waals surface area contributed by atoms with E-state index in [0.717, 1.165) is 27.8 Å². The summed E-state index contributed by atoms with van der Waals surface area (Å²) >= 11 is 6.04. The highest BCUT2D eigenvalue weighted by Gasteiger charge is 2.32. The molecule has 3 aromatic rings. The predicted octanol–water partition coefficient (Wildman–Crippen LogP) is 4.91. The fourth-order valence-electron chi connectivity index (χ4n) is 3.34. The molecule has 0 radical (unpaired) electrons. The first-order valence-electron chi connectivity index (χ1n) is 8.37. The summed E-state index contributed by atoms with van der Waals surface area (Å²) in [6.45, 7) is 6.28. The number of benzene rings is 2. The molecule has 2 aromatic carbocycles. The van der Waals surface area contributed by atoms with Gasteiger partial charge in [0.25, 0.3) is 0 Å². The first-order valence-corrected chi connectivity index (χ1v) is 8.75. The van der Waals surface area contributed by atoms with Crippen LogP contribution in [0.5, 0.6) is 0 Å². The van der Waals surface area contributed by atoms with E-state index in [0.29, 0.717) is 16.4 Å². The zero-order valence-electron chi connectivity index (χ0n) is 14.8. The van der Waals surface area contributed by atoms with Gasteiger partial charge in [0.2, 0.25) is 0 Å². The van der Waals surface area contributed by atoms with Crippen LogP contribution in [0, 0.1) is 26.2 Å². The molecule has 0 fully saturated rings. The van der Waals surface area contributed by atoms with Crippen molar-refractivity contribution >= 4 is 39.7 Å². The van der Waals surface area contributed by atoms with Gasteiger partial charge in [-0.15, -0.1) is 0 Å². The van der Waals surface area contributed by atoms with E-state index in [1.165, 1.54) is 5.56 Å². The summed E-state index contributed by atoms with van der Waals surface area (Å²) < 4.78 is 0. The number of aliphatic hydroxyl groups excluding tert-OH is 1. The van der Waals surface area contributed by atoms with Crippen LogP contribution >= 0.6 is 11.6 Å². The Labute approximate surface area is 156 Å². The number of aryl methyl sites for hydroxylation is 3. The van der Waals surface area contributed by atoms with Crippen molar-refractivity contribution in [3.63, 3.8) is 0 Å². The first kappa shape index (κ1) is 16.7. The number of rotatable bonds is 2. The van der Waals surface area contributed by atoms with Gasteiger partial charge in [0.15, 0.2) is 0 Å². The fraction of sp³-hybridized carbons (Fsp3) is 0.200. The predicted molar refractivity (Wildman–Crippen MR) is 106 cm³/mol. The molecule has 0 aliphatic carbocycles. The highest BCUT2D eigenvalue weighted by atomic mass is 35.5. The molecule has 0 spiro atoms. The number of halogens is 1. The Hall–Kier alpha value is -2.79. The van der Waals surface area contributed by atoms with Crippen LogP contribution in [-0.2, 0) is 0 Å². The van der Waals surface area contributed by atoms with Gasteiger partial charge < -0.3 is 15.0 Å². The lowest BCUT2D eigenvalue weighted by atomic mass is 10.1. The molecule has 2 heterocycles. The van der Waals surface area contributed by atoms with Crippen LogP contribution in [-0.4, -0.2) is 27.5 Å². The third-order valence-electron chi connectivity index (χ3n) is 4.89. The maximum absolute atomic E-state index is 10.5. The minimum absolute atomic E-state index is 0.136. The number of fused-ring (bicyclic) bond motifs is 1. The topological polar surface area (TPSA) is 76.0 Å². The van der Waals surface area contributed by atoms with Gasteiger partial charge in [0.05, 0.1) is 23.2 Å². The van der Waals surface area contributed by atoms with Gasteiger partial charge in [-0.1, -0.05) is 11.6 Å². The summed E-state index contributed by atoms with van der Waals surface area (Å²) in [7, 11) is 0. The average Bonchev–Trinajstić information content (AvgIpc) is 3.08. The van der Waals surface area contributed by atoms with E-state index in [4.69, 9.17) is 17.0 Å². The Morgan fingerprint density at radius 1 is 1.12 bits per heavy atom. The zero-order valence-corrected chi connectivity index (χ0v) is 15.6. The number of H-pyrrole nitrogens is 1. The Morgan fingerprint density at radius 2 is 1.85 bits per heavy atom. The molecule has 0 atom stereocenters. The number of hydrogen-bond donors (Lipinski definition) is 3. The summed E-state index contributed by atoms with van der Waals surface area (Å²) in [6.07, 6.45) is 0. The number of aromatic nitrogens is 2. The van der Waals surface area contributed by atoms with Gasteiger partial charge in [-0.2, -0.15) is 0 Å². The molecule has 6 heteroatoms. The van der Waals surface area contributed by atoms with Crippen molar-refractivity contribution in [2.24, 2.45) is 0 Å². The van der Waals surface area contributed by atoms with Crippen LogP contribution in [0.1, 0.15) is 22.5 Å². The molecule has 5 nitrogen and oxygen atoms in total. The Kier molecular flexibility index (Phi) is 3.77. The van der Waals surface area contributed by atoms with Gasteiger partial charge in [-0.3, -0.25) is 5.41 Å². The number of aliphatic hydroxyl groups is 1. The van der Waals surface area contributed by atoms with E-state index >= 15 is 0 Å². The highest BCUT2D eigenvalue weighted by molar-refractivity contribution is 6.32. The summed E-state index contributed by atoms with van der Waals surface area (Å²) in [4.78, 5) is 9.61. The molecule has 0 saturated heterocycles. The van der Waals surface area contributed by atoms with Crippen molar-refractivity contribution in [2.45, 2.75) is 20.8 Å². The lowest BCUT2D eigenvalue weighted by Gasteiger charge is -2.21. The van der Waals surface area contributed by atoms with Gasteiger partial charge >= 0.3 is 0 Å². The van der Waals surface area contributed by atoms with Gasteiger partial charge in [0, 0.05) is 10.7 Å². The molecule has 0 unspecified atom stereocenters. The molecule has 1 aliphatic rings. The van der Waals surface area contributed by atoms with E-state index in [2.05, 4.69) is 16.9 Å². The zero-order chi connectivity index (χ0) is 18.6. The number of imidazole rings is 1. The molecule has 0 amide bonds. The first-order chi connectivity index (χ1) is 12.3. The second kappa shape index (κ2) is 5.88. The Morgan fingerprint density at radius 3 is 2.58 bits per heavy atom. The van der Waals surface area contributed by atoms with Crippen LogP contribution in [0.15, 0.2) is 36.1 Å². The van der Waals surface area contributed by atoms with Crippen molar-refractivity contribution in [3.8, 4) is 0 Å². The number of hydrogen-bond acceptors (Lipinski definition) is 3. The average molecular weight is 367 g/mol. The van der Waals surface area contributed by atoms with Gasteiger partial charge in [-0.05, 0) is 67.8 Å². The van der Waals surface area contributed by atoms with E-state index in [9.17, 15) is 5.11 Å². The molecule has 132 valence electrons. The van der Waals surface area contributed by atoms with E-state index in [1.54, 1.807) is 11.0 Å². The number of aromatic amines is 1. The maximum atomic E-state index is 10.5. The van der Waals surface area contributed by atoms with Crippen molar-refractivity contribution in [1.29, 1.82) is 5.41 Å². The second-order valence-electron chi connectivity index (χ2n) is 6.73. The molecule has 1 aliphatic heterocycles. The van der Waals surface area contributed by atoms with Crippen molar-refractivity contribution in [2.75, 3.05) is 11.4 Å². The molecule has 4 rings (SSSR count). The molecule has 0 saturated carbocycles. The second-order valence-corrected chi connectivity index (χ2v) is 7.16. The van der Waals surface area contributed by atoms with Crippen molar-refractivity contribution < 1.29 is 5.11 Å². The number of nitrogens with zero attached hydrogens (tertiary/aromatic N) is 2. The van der Waals surface area contributed by atoms with Crippen LogP contribution in [0.3, 0.4) is 0 Å². The van der Waals surface area contributed by atoms with Crippen LogP contribution in [0.25, 0.3) is 16.6 Å². The van der Waals surface area contributed by atoms with Crippen LogP contribution in [0.4, 0.5) is 5.69 Å². The Bertz CT molecular complexity index is 1060. The SMILES string of the molecule is Cc1cc2nc(C3=C(O)CN(c4ccc(Cl)cc4C)C3=N)[nH]c2cc1C. The molecular weight excluding hydrogens is 348 g/mol. The lowest BCUT2D eigenvalue weighted by molar-refractivity contribution is 0.411. The molecular formula is C20H19ClN4O. The number of amidine groups is 1. The van der Waals surface area contributed by atoms with E-state index < -0.39 is 0 Å². The quantitative estimate of drug-likeness (QED) is 0.603. The molecule has 3 N–H and O–H groups in total. The molecule has 0 bridgehead atoms. The highest BCUT2D eigenvalue weighted by Crippen LogP contribution is 2.33. The van der Waals surface area contributed by atoms with Crippen molar-refractivity contribution in [3.05, 3.63) is 63.6 Å². The van der Waals surface area contributed by atoms with E-state index in [-0.39, 0.29) is 18.1 Å². The van der Waals surface area contributed by atoms with Gasteiger partial charge in [-0.25, -0.2) is 4.98 Å². The van der Waals surface area contributed by atoms with Gasteiger partial charge in [0.1, 0.15) is 17.4 Å². The molecule has 1 aromatic heterocycles. The minimum atomic E-state index is 0.136. The summed E-state index contributed by atoms with van der Waals surface area (Å²) in [5.41, 5.74) is 6.30. The number of anilines is 1. The monoisotopic (exact) mass is 366 g/mol. The fourth-order valence-corrected chi connectivity index (χ4v) is 3.57. The Balaban J connectivity index is 1.75. The summed E-state index contributed by atoms with van der Waals surface area (Å²) in [5.74, 6) is 0.874. The third-order valence-corrected chi connectivity index (χ3v) is 5.12.